The Morgan fingerprint density at radius 3 is 2.07 bits per heavy atom. The molecule has 0 spiro atoms. The van der Waals surface area contributed by atoms with Crippen LogP contribution in [0.15, 0.2) is 0 Å². The molecule has 0 unspecified atom stereocenters. The van der Waals surface area contributed by atoms with Gasteiger partial charge in [0.2, 0.25) is 10.0 Å². The highest BCUT2D eigenvalue weighted by Crippen LogP contribution is 2.31. The lowest BCUT2D eigenvalue weighted by Crippen LogP contribution is -2.49. The highest BCUT2D eigenvalue weighted by Gasteiger charge is 2.32. The molecule has 0 atom stereocenters. The van der Waals surface area contributed by atoms with Gasteiger partial charge < -0.3 is 4.90 Å². The first-order valence-electron chi connectivity index (χ1n) is 5.47. The van der Waals surface area contributed by atoms with Crippen molar-refractivity contribution in [2.45, 2.75) is 12.8 Å². The van der Waals surface area contributed by atoms with Crippen molar-refractivity contribution < 1.29 is 8.42 Å². The van der Waals surface area contributed by atoms with Crippen LogP contribution in [-0.4, -0.2) is 50.1 Å². The molecular weight excluding hydrogens is 212 g/mol. The summed E-state index contributed by atoms with van der Waals surface area (Å²) < 4.78 is 24.2. The first-order chi connectivity index (χ1) is 6.97. The number of nitrogens with zero attached hydrogens (tertiary/aromatic N) is 2. The number of rotatable bonds is 2. The van der Waals surface area contributed by atoms with Gasteiger partial charge in [0.05, 0.1) is 6.26 Å². The molecule has 88 valence electrons. The Morgan fingerprint density at radius 2 is 1.67 bits per heavy atom. The predicted octanol–water partition coefficient (Wildman–Crippen LogP) is 0.381. The van der Waals surface area contributed by atoms with Crippen LogP contribution in [-0.2, 0) is 10.0 Å². The summed E-state index contributed by atoms with van der Waals surface area (Å²) in [4.78, 5) is 2.08. The second kappa shape index (κ2) is 4.03. The Kier molecular flexibility index (Phi) is 3.05. The molecule has 0 aromatic heterocycles. The quantitative estimate of drug-likeness (QED) is 0.645. The molecule has 15 heavy (non-hydrogen) atoms. The van der Waals surface area contributed by atoms with Gasteiger partial charge in [0.15, 0.2) is 0 Å². The summed E-state index contributed by atoms with van der Waals surface area (Å²) in [6.07, 6.45) is 3.34. The first kappa shape index (κ1) is 11.4. The van der Waals surface area contributed by atoms with Gasteiger partial charge in [0, 0.05) is 13.1 Å². The van der Waals surface area contributed by atoms with E-state index < -0.39 is 10.0 Å². The molecule has 2 fully saturated rings. The molecular formula is C10H19N2O2S-. The van der Waals surface area contributed by atoms with Crippen LogP contribution in [0.2, 0.25) is 0 Å². The fraction of sp³-hybridized carbons (Fsp3) is 0.900. The van der Waals surface area contributed by atoms with Crippen LogP contribution in [0.4, 0.5) is 0 Å². The zero-order valence-electron chi connectivity index (χ0n) is 9.22. The molecule has 0 N–H and O–H groups in total. The molecule has 2 heterocycles. The number of piperidine rings is 1. The molecule has 2 aliphatic heterocycles. The Morgan fingerprint density at radius 1 is 1.13 bits per heavy atom. The largest absolute Gasteiger partial charge is 0.459 e. The standard InChI is InChI=1S/C10H19N2O2S/c1-11-7-10(8-11)9-3-5-12(6-4-9)15(2,13)14/h9-10H,1,3-8H2,2H3/q-1. The lowest BCUT2D eigenvalue weighted by Gasteiger charge is -2.48. The predicted molar refractivity (Wildman–Crippen MR) is 59.6 cm³/mol. The SMILES string of the molecule is [CH2-]N1CC(C2CCN(S(C)(=O)=O)CC2)C1. The van der Waals surface area contributed by atoms with E-state index in [1.165, 1.54) is 6.26 Å². The van der Waals surface area contributed by atoms with Crippen molar-refractivity contribution in [2.75, 3.05) is 32.4 Å². The molecule has 2 aliphatic rings. The minimum absolute atomic E-state index is 0.705. The zero-order chi connectivity index (χ0) is 11.1. The van der Waals surface area contributed by atoms with Crippen molar-refractivity contribution in [1.82, 2.24) is 9.21 Å². The van der Waals surface area contributed by atoms with E-state index in [9.17, 15) is 8.42 Å². The number of hydrogen-bond acceptors (Lipinski definition) is 3. The smallest absolute Gasteiger partial charge is 0.211 e. The third-order valence-corrected chi connectivity index (χ3v) is 4.92. The molecule has 0 bridgehead atoms. The topological polar surface area (TPSA) is 40.6 Å². The van der Waals surface area contributed by atoms with Crippen molar-refractivity contribution in [3.63, 3.8) is 0 Å². The van der Waals surface area contributed by atoms with Crippen molar-refractivity contribution in [2.24, 2.45) is 11.8 Å². The molecule has 2 saturated heterocycles. The lowest BCUT2D eigenvalue weighted by molar-refractivity contribution is 0.0723. The van der Waals surface area contributed by atoms with Gasteiger partial charge >= 0.3 is 0 Å². The summed E-state index contributed by atoms with van der Waals surface area (Å²) >= 11 is 0. The lowest BCUT2D eigenvalue weighted by atomic mass is 9.80. The van der Waals surface area contributed by atoms with E-state index in [0.717, 1.165) is 31.8 Å². The molecule has 0 amide bonds. The maximum Gasteiger partial charge on any atom is 0.211 e. The van der Waals surface area contributed by atoms with E-state index in [0.29, 0.717) is 19.0 Å². The summed E-state index contributed by atoms with van der Waals surface area (Å²) in [5, 5.41) is 0. The van der Waals surface area contributed by atoms with Crippen LogP contribution >= 0.6 is 0 Å². The minimum Gasteiger partial charge on any atom is -0.459 e. The molecule has 0 saturated carbocycles. The van der Waals surface area contributed by atoms with E-state index >= 15 is 0 Å². The van der Waals surface area contributed by atoms with E-state index in [1.807, 2.05) is 0 Å². The minimum atomic E-state index is -2.96. The van der Waals surface area contributed by atoms with Gasteiger partial charge in [-0.1, -0.05) is 0 Å². The summed E-state index contributed by atoms with van der Waals surface area (Å²) in [7, 11) is 0.906. The third kappa shape index (κ3) is 2.52. The zero-order valence-corrected chi connectivity index (χ0v) is 10.0. The molecule has 0 aliphatic carbocycles. The van der Waals surface area contributed by atoms with Crippen LogP contribution in [0, 0.1) is 18.9 Å². The Balaban J connectivity index is 1.82. The first-order valence-corrected chi connectivity index (χ1v) is 7.32. The fourth-order valence-electron chi connectivity index (χ4n) is 2.59. The van der Waals surface area contributed by atoms with Gasteiger partial charge in [0.1, 0.15) is 0 Å². The average molecular weight is 231 g/mol. The maximum atomic E-state index is 11.3. The number of sulfonamides is 1. The second-order valence-electron chi connectivity index (χ2n) is 4.80. The van der Waals surface area contributed by atoms with E-state index in [4.69, 9.17) is 0 Å². The van der Waals surface area contributed by atoms with Gasteiger partial charge in [-0.25, -0.2) is 12.7 Å². The van der Waals surface area contributed by atoms with E-state index in [2.05, 4.69) is 11.9 Å². The Bertz CT molecular complexity index is 314. The Labute approximate surface area is 92.3 Å². The summed E-state index contributed by atoms with van der Waals surface area (Å²) in [5.41, 5.74) is 0. The molecule has 0 aromatic rings. The van der Waals surface area contributed by atoms with Gasteiger partial charge in [-0.2, -0.15) is 0 Å². The second-order valence-corrected chi connectivity index (χ2v) is 6.78. The maximum absolute atomic E-state index is 11.3. The van der Waals surface area contributed by atoms with Crippen LogP contribution in [0.25, 0.3) is 0 Å². The average Bonchev–Trinajstić information content (AvgIpc) is 2.12. The van der Waals surface area contributed by atoms with Gasteiger partial charge in [0.25, 0.3) is 0 Å². The van der Waals surface area contributed by atoms with Crippen molar-refractivity contribution in [3.8, 4) is 0 Å². The summed E-state index contributed by atoms with van der Waals surface area (Å²) in [5.74, 6) is 1.46. The number of likely N-dealkylation sites (tertiary alicyclic amines) is 1. The highest BCUT2D eigenvalue weighted by molar-refractivity contribution is 7.88. The van der Waals surface area contributed by atoms with Crippen LogP contribution in [0.3, 0.4) is 0 Å². The molecule has 0 aromatic carbocycles. The molecule has 4 nitrogen and oxygen atoms in total. The highest BCUT2D eigenvalue weighted by atomic mass is 32.2. The summed E-state index contributed by atoms with van der Waals surface area (Å²) in [6.45, 7) is 3.58. The van der Waals surface area contributed by atoms with Crippen LogP contribution < -0.4 is 0 Å². The molecule has 2 rings (SSSR count). The summed E-state index contributed by atoms with van der Waals surface area (Å²) in [6, 6.07) is 0. The van der Waals surface area contributed by atoms with Crippen molar-refractivity contribution in [3.05, 3.63) is 7.05 Å². The molecule has 5 heteroatoms. The van der Waals surface area contributed by atoms with Gasteiger partial charge in [-0.05, 0) is 37.8 Å². The third-order valence-electron chi connectivity index (χ3n) is 3.62. The van der Waals surface area contributed by atoms with Gasteiger partial charge in [-0.3, -0.25) is 7.05 Å². The van der Waals surface area contributed by atoms with Gasteiger partial charge in [-0.15, -0.1) is 0 Å². The van der Waals surface area contributed by atoms with Crippen molar-refractivity contribution >= 4 is 10.0 Å². The van der Waals surface area contributed by atoms with Crippen LogP contribution in [0.5, 0.6) is 0 Å². The Hall–Kier alpha value is -0.130. The van der Waals surface area contributed by atoms with E-state index in [-0.39, 0.29) is 0 Å². The van der Waals surface area contributed by atoms with E-state index in [1.54, 1.807) is 4.31 Å². The normalized spacial score (nSPS) is 27.9. The monoisotopic (exact) mass is 231 g/mol. The van der Waals surface area contributed by atoms with Crippen molar-refractivity contribution in [1.29, 1.82) is 0 Å². The van der Waals surface area contributed by atoms with Crippen LogP contribution in [0.1, 0.15) is 12.8 Å². The number of hydrogen-bond donors (Lipinski definition) is 0. The fourth-order valence-corrected chi connectivity index (χ4v) is 3.46. The molecule has 0 radical (unpaired) electrons.